The summed E-state index contributed by atoms with van der Waals surface area (Å²) in [6.45, 7) is 1.97. The average molecular weight is 460 g/mol. The van der Waals surface area contributed by atoms with Crippen molar-refractivity contribution < 1.29 is 9.53 Å². The van der Waals surface area contributed by atoms with Crippen molar-refractivity contribution in [3.8, 4) is 5.75 Å². The number of thioether (sulfide) groups is 1. The van der Waals surface area contributed by atoms with Crippen LogP contribution in [0, 0.1) is 0 Å². The number of methoxy groups -OCH3 is 1. The number of piperidine rings is 1. The maximum absolute atomic E-state index is 12.2. The molecule has 2 heterocycles. The summed E-state index contributed by atoms with van der Waals surface area (Å²) in [6.07, 6.45) is 5.44. The fourth-order valence-electron chi connectivity index (χ4n) is 2.66. The normalized spacial score (nSPS) is 20.1. The molecule has 0 N–H and O–H groups in total. The van der Waals surface area contributed by atoms with Crippen LogP contribution in [-0.4, -0.2) is 36.2 Å². The van der Waals surface area contributed by atoms with Crippen LogP contribution in [0.15, 0.2) is 31.0 Å². The summed E-state index contributed by atoms with van der Waals surface area (Å²) in [5.41, 5.74) is 0.847. The minimum Gasteiger partial charge on any atom is -0.495 e. The van der Waals surface area contributed by atoms with E-state index in [0.29, 0.717) is 10.7 Å². The summed E-state index contributed by atoms with van der Waals surface area (Å²) in [4.78, 5) is 19.3. The molecule has 0 aromatic heterocycles. The minimum atomic E-state index is -0.172. The smallest absolute Gasteiger partial charge is 0.286 e. The number of amides is 1. The van der Waals surface area contributed by atoms with Gasteiger partial charge in [-0.25, -0.2) is 0 Å². The molecular weight excluding hydrogens is 444 g/mol. The predicted molar refractivity (Wildman–Crippen MR) is 102 cm³/mol. The lowest BCUT2D eigenvalue weighted by Gasteiger charge is -2.27. The van der Waals surface area contributed by atoms with Gasteiger partial charge in [-0.1, -0.05) is 15.9 Å². The number of carbonyl (C=O) groups is 1. The number of halogens is 2. The van der Waals surface area contributed by atoms with E-state index in [1.165, 1.54) is 31.0 Å². The van der Waals surface area contributed by atoms with Gasteiger partial charge in [-0.05, 0) is 65.2 Å². The molecule has 23 heavy (non-hydrogen) atoms. The molecule has 0 unspecified atom stereocenters. The van der Waals surface area contributed by atoms with Crippen LogP contribution in [0.5, 0.6) is 5.75 Å². The number of hydrogen-bond acceptors (Lipinski definition) is 4. The molecule has 122 valence electrons. The van der Waals surface area contributed by atoms with E-state index in [4.69, 9.17) is 4.74 Å². The first-order chi connectivity index (χ1) is 11.1. The summed E-state index contributed by atoms with van der Waals surface area (Å²) >= 11 is 8.41. The van der Waals surface area contributed by atoms with Crippen molar-refractivity contribution in [3.05, 3.63) is 31.5 Å². The van der Waals surface area contributed by atoms with E-state index in [-0.39, 0.29) is 5.91 Å². The summed E-state index contributed by atoms with van der Waals surface area (Å²) in [6, 6.07) is 3.85. The molecule has 2 aliphatic heterocycles. The Labute approximate surface area is 156 Å². The van der Waals surface area contributed by atoms with E-state index in [1.54, 1.807) is 7.11 Å². The fourth-order valence-corrected chi connectivity index (χ4v) is 5.04. The molecule has 0 spiro atoms. The van der Waals surface area contributed by atoms with E-state index in [9.17, 15) is 4.79 Å². The second-order valence-electron chi connectivity index (χ2n) is 5.37. The fraction of sp³-hybridized carbons (Fsp3) is 0.375. The molecule has 1 aromatic carbocycles. The minimum absolute atomic E-state index is 0.172. The average Bonchev–Trinajstić information content (AvgIpc) is 2.89. The van der Waals surface area contributed by atoms with Gasteiger partial charge in [0.05, 0.1) is 16.5 Å². The maximum atomic E-state index is 12.2. The molecule has 0 radical (unpaired) electrons. The van der Waals surface area contributed by atoms with Crippen molar-refractivity contribution in [2.24, 2.45) is 4.99 Å². The lowest BCUT2D eigenvalue weighted by atomic mass is 10.1. The monoisotopic (exact) mass is 458 g/mol. The van der Waals surface area contributed by atoms with Crippen LogP contribution < -0.4 is 4.74 Å². The second-order valence-corrected chi connectivity index (χ2v) is 8.15. The Morgan fingerprint density at radius 3 is 2.70 bits per heavy atom. The van der Waals surface area contributed by atoms with Crippen molar-refractivity contribution in [2.75, 3.05) is 20.2 Å². The Hall–Kier alpha value is -0.790. The molecule has 0 bridgehead atoms. The Morgan fingerprint density at radius 1 is 1.26 bits per heavy atom. The van der Waals surface area contributed by atoms with E-state index >= 15 is 0 Å². The zero-order chi connectivity index (χ0) is 16.4. The van der Waals surface area contributed by atoms with Gasteiger partial charge >= 0.3 is 0 Å². The number of amidine groups is 1. The standard InChI is InChI=1S/C16H16Br2N2O2S/c1-22-14-10(7-11(17)9-12(14)18)8-13-15(21)19-16(23-13)20-5-3-2-4-6-20/h7-9H,2-6H2,1H3/b13-8-. The van der Waals surface area contributed by atoms with E-state index in [1.807, 2.05) is 18.2 Å². The topological polar surface area (TPSA) is 41.9 Å². The van der Waals surface area contributed by atoms with Crippen molar-refractivity contribution in [2.45, 2.75) is 19.3 Å². The first-order valence-electron chi connectivity index (χ1n) is 7.39. The van der Waals surface area contributed by atoms with Crippen molar-refractivity contribution in [3.63, 3.8) is 0 Å². The SMILES string of the molecule is COc1c(Br)cc(Br)cc1/C=C1\SC(N2CCCCC2)=NC1=O. The van der Waals surface area contributed by atoms with Gasteiger partial charge in [0.1, 0.15) is 5.75 Å². The number of ether oxygens (including phenoxy) is 1. The Bertz CT molecular complexity index is 698. The number of likely N-dealkylation sites (tertiary alicyclic amines) is 1. The molecule has 7 heteroatoms. The summed E-state index contributed by atoms with van der Waals surface area (Å²) < 4.78 is 7.20. The van der Waals surface area contributed by atoms with Gasteiger partial charge in [-0.15, -0.1) is 0 Å². The van der Waals surface area contributed by atoms with Gasteiger partial charge < -0.3 is 9.64 Å². The number of nitrogens with zero attached hydrogens (tertiary/aromatic N) is 2. The molecule has 1 fully saturated rings. The Kier molecular flexibility index (Phi) is 5.49. The van der Waals surface area contributed by atoms with E-state index in [0.717, 1.165) is 32.8 Å². The summed E-state index contributed by atoms with van der Waals surface area (Å²) in [5, 5.41) is 0.828. The number of rotatable bonds is 2. The first-order valence-corrected chi connectivity index (χ1v) is 9.79. The quantitative estimate of drug-likeness (QED) is 0.602. The first kappa shape index (κ1) is 17.0. The molecule has 2 aliphatic rings. The van der Waals surface area contributed by atoms with Crippen LogP contribution >= 0.6 is 43.6 Å². The lowest BCUT2D eigenvalue weighted by Crippen LogP contribution is -2.33. The van der Waals surface area contributed by atoms with E-state index < -0.39 is 0 Å². The van der Waals surface area contributed by atoms with Crippen LogP contribution in [0.25, 0.3) is 6.08 Å². The third-order valence-corrected chi connectivity index (χ3v) is 5.85. The zero-order valence-corrected chi connectivity index (χ0v) is 16.6. The Morgan fingerprint density at radius 2 is 2.00 bits per heavy atom. The summed E-state index contributed by atoms with van der Waals surface area (Å²) in [7, 11) is 1.62. The number of aliphatic imine (C=N–C) groups is 1. The second kappa shape index (κ2) is 7.40. The van der Waals surface area contributed by atoms with Crippen molar-refractivity contribution in [1.29, 1.82) is 0 Å². The molecule has 0 aliphatic carbocycles. The predicted octanol–water partition coefficient (Wildman–Crippen LogP) is 4.68. The van der Waals surface area contributed by atoms with Gasteiger partial charge in [0.2, 0.25) is 0 Å². The van der Waals surface area contributed by atoms with Gasteiger partial charge in [-0.2, -0.15) is 4.99 Å². The molecule has 1 saturated heterocycles. The zero-order valence-electron chi connectivity index (χ0n) is 12.6. The molecule has 4 nitrogen and oxygen atoms in total. The molecule has 0 atom stereocenters. The van der Waals surface area contributed by atoms with Crippen LogP contribution in [0.2, 0.25) is 0 Å². The molecule has 3 rings (SSSR count). The van der Waals surface area contributed by atoms with Crippen molar-refractivity contribution >= 4 is 60.8 Å². The highest BCUT2D eigenvalue weighted by Gasteiger charge is 2.27. The molecule has 1 amide bonds. The number of benzene rings is 1. The van der Waals surface area contributed by atoms with Gasteiger partial charge in [0.15, 0.2) is 5.17 Å². The van der Waals surface area contributed by atoms with E-state index in [2.05, 4.69) is 41.8 Å². The molecule has 1 aromatic rings. The van der Waals surface area contributed by atoms with Crippen LogP contribution in [0.4, 0.5) is 0 Å². The van der Waals surface area contributed by atoms with Crippen LogP contribution in [0.1, 0.15) is 24.8 Å². The largest absolute Gasteiger partial charge is 0.495 e. The van der Waals surface area contributed by atoms with Gasteiger partial charge in [-0.3, -0.25) is 4.79 Å². The van der Waals surface area contributed by atoms with Crippen LogP contribution in [-0.2, 0) is 4.79 Å². The Balaban J connectivity index is 1.86. The third kappa shape index (κ3) is 3.83. The third-order valence-electron chi connectivity index (χ3n) is 3.76. The van der Waals surface area contributed by atoms with Crippen molar-refractivity contribution in [1.82, 2.24) is 4.90 Å². The number of carbonyl (C=O) groups excluding carboxylic acids is 1. The lowest BCUT2D eigenvalue weighted by molar-refractivity contribution is -0.113. The van der Waals surface area contributed by atoms with Gasteiger partial charge in [0, 0.05) is 23.1 Å². The van der Waals surface area contributed by atoms with Crippen LogP contribution in [0.3, 0.4) is 0 Å². The number of hydrogen-bond donors (Lipinski definition) is 0. The highest BCUT2D eigenvalue weighted by atomic mass is 79.9. The van der Waals surface area contributed by atoms with Gasteiger partial charge in [0.25, 0.3) is 5.91 Å². The molecular formula is C16H16Br2N2O2S. The maximum Gasteiger partial charge on any atom is 0.286 e. The summed E-state index contributed by atoms with van der Waals surface area (Å²) in [5.74, 6) is 0.536. The molecule has 0 saturated carbocycles. The highest BCUT2D eigenvalue weighted by molar-refractivity contribution is 9.11. The highest BCUT2D eigenvalue weighted by Crippen LogP contribution is 2.37.